The molecular formula is C13H13N5O3S. The first-order valence-corrected chi connectivity index (χ1v) is 8.17. The number of ether oxygens (including phenoxy) is 1. The molecule has 0 bridgehead atoms. The van der Waals surface area contributed by atoms with Crippen molar-refractivity contribution >= 4 is 21.4 Å². The Morgan fingerprint density at radius 1 is 1.23 bits per heavy atom. The first-order valence-electron chi connectivity index (χ1n) is 6.28. The number of hydrogen-bond acceptors (Lipinski definition) is 6. The molecule has 114 valence electrons. The van der Waals surface area contributed by atoms with E-state index in [1.807, 2.05) is 12.1 Å². The third-order valence-corrected chi connectivity index (χ3v) is 3.54. The number of nitrogens with one attached hydrogen (secondary N) is 1. The Balaban J connectivity index is 2.08. The summed E-state index contributed by atoms with van der Waals surface area (Å²) in [6.07, 6.45) is 5.91. The van der Waals surface area contributed by atoms with Crippen LogP contribution in [0, 0.1) is 0 Å². The van der Waals surface area contributed by atoms with Gasteiger partial charge in [0.15, 0.2) is 5.65 Å². The summed E-state index contributed by atoms with van der Waals surface area (Å²) < 4.78 is 32.0. The Labute approximate surface area is 126 Å². The van der Waals surface area contributed by atoms with Crippen LogP contribution in [0.25, 0.3) is 16.8 Å². The Morgan fingerprint density at radius 2 is 2.05 bits per heavy atom. The van der Waals surface area contributed by atoms with Crippen molar-refractivity contribution in [1.29, 1.82) is 0 Å². The Bertz CT molecular complexity index is 936. The molecule has 0 fully saturated rings. The molecule has 0 amide bonds. The average Bonchev–Trinajstić information content (AvgIpc) is 2.92. The third kappa shape index (κ3) is 2.84. The maximum absolute atomic E-state index is 11.4. The predicted molar refractivity (Wildman–Crippen MR) is 81.2 cm³/mol. The Kier molecular flexibility index (Phi) is 3.41. The van der Waals surface area contributed by atoms with E-state index in [2.05, 4.69) is 19.8 Å². The minimum atomic E-state index is -3.43. The first kappa shape index (κ1) is 14.3. The van der Waals surface area contributed by atoms with Crippen molar-refractivity contribution < 1.29 is 13.2 Å². The average molecular weight is 319 g/mol. The molecule has 8 nitrogen and oxygen atoms in total. The number of rotatable bonds is 4. The minimum Gasteiger partial charge on any atom is -0.480 e. The van der Waals surface area contributed by atoms with Crippen LogP contribution in [0.15, 0.2) is 36.9 Å². The van der Waals surface area contributed by atoms with E-state index in [1.54, 1.807) is 23.0 Å². The summed E-state index contributed by atoms with van der Waals surface area (Å²) in [5.74, 6) is 0.206. The van der Waals surface area contributed by atoms with Crippen LogP contribution in [0.4, 0.5) is 5.69 Å². The number of nitrogens with zero attached hydrogens (tertiary/aromatic N) is 4. The maximum Gasteiger partial charge on any atom is 0.238 e. The molecule has 0 radical (unpaired) electrons. The van der Waals surface area contributed by atoms with Crippen molar-refractivity contribution in [3.63, 3.8) is 0 Å². The van der Waals surface area contributed by atoms with Crippen LogP contribution in [0.5, 0.6) is 5.88 Å². The lowest BCUT2D eigenvalue weighted by Gasteiger charge is -2.10. The summed E-state index contributed by atoms with van der Waals surface area (Å²) in [5, 5.41) is 4.03. The van der Waals surface area contributed by atoms with Crippen LogP contribution in [0.3, 0.4) is 0 Å². The lowest BCUT2D eigenvalue weighted by Crippen LogP contribution is -2.11. The fourth-order valence-electron chi connectivity index (χ4n) is 2.04. The number of fused-ring (bicyclic) bond motifs is 1. The van der Waals surface area contributed by atoms with Crippen molar-refractivity contribution in [3.8, 4) is 17.0 Å². The molecular weight excluding hydrogens is 306 g/mol. The van der Waals surface area contributed by atoms with E-state index in [1.165, 1.54) is 13.4 Å². The summed E-state index contributed by atoms with van der Waals surface area (Å²) in [4.78, 5) is 8.25. The standard InChI is InChI=1S/C13H13N5O3S/c1-21-13-11(17-22(2,19)20)5-10(7-14-13)9-3-4-18-12(6-9)15-8-16-18/h3-8,17H,1-2H3. The van der Waals surface area contributed by atoms with Gasteiger partial charge < -0.3 is 4.74 Å². The predicted octanol–water partition coefficient (Wildman–Crippen LogP) is 1.17. The van der Waals surface area contributed by atoms with Gasteiger partial charge in [0.2, 0.25) is 15.9 Å². The van der Waals surface area contributed by atoms with E-state index in [9.17, 15) is 8.42 Å². The number of methoxy groups -OCH3 is 1. The number of pyridine rings is 2. The van der Waals surface area contributed by atoms with Gasteiger partial charge in [0.1, 0.15) is 12.0 Å². The molecule has 0 aliphatic carbocycles. The number of anilines is 1. The van der Waals surface area contributed by atoms with Crippen molar-refractivity contribution in [3.05, 3.63) is 36.9 Å². The zero-order valence-electron chi connectivity index (χ0n) is 11.9. The van der Waals surface area contributed by atoms with Gasteiger partial charge in [-0.2, -0.15) is 5.10 Å². The second-order valence-electron chi connectivity index (χ2n) is 4.63. The molecule has 22 heavy (non-hydrogen) atoms. The van der Waals surface area contributed by atoms with Crippen molar-refractivity contribution in [2.45, 2.75) is 0 Å². The normalized spacial score (nSPS) is 11.5. The topological polar surface area (TPSA) is 98.5 Å². The molecule has 0 unspecified atom stereocenters. The zero-order chi connectivity index (χ0) is 15.7. The molecule has 0 aliphatic heterocycles. The Morgan fingerprint density at radius 3 is 2.77 bits per heavy atom. The van der Waals surface area contributed by atoms with E-state index in [4.69, 9.17) is 4.74 Å². The lowest BCUT2D eigenvalue weighted by atomic mass is 10.1. The first-order chi connectivity index (χ1) is 10.5. The van der Waals surface area contributed by atoms with Gasteiger partial charge in [0, 0.05) is 18.0 Å². The van der Waals surface area contributed by atoms with Gasteiger partial charge in [-0.15, -0.1) is 0 Å². The zero-order valence-corrected chi connectivity index (χ0v) is 12.7. The number of aromatic nitrogens is 4. The SMILES string of the molecule is COc1ncc(-c2ccn3ncnc3c2)cc1NS(C)(=O)=O. The monoisotopic (exact) mass is 319 g/mol. The van der Waals surface area contributed by atoms with Gasteiger partial charge in [-0.05, 0) is 23.8 Å². The van der Waals surface area contributed by atoms with Gasteiger partial charge in [0.05, 0.1) is 13.4 Å². The quantitative estimate of drug-likeness (QED) is 0.775. The van der Waals surface area contributed by atoms with E-state index in [0.717, 1.165) is 17.4 Å². The fourth-order valence-corrected chi connectivity index (χ4v) is 2.59. The van der Waals surface area contributed by atoms with Gasteiger partial charge in [-0.25, -0.2) is 22.9 Å². The highest BCUT2D eigenvalue weighted by molar-refractivity contribution is 7.92. The molecule has 0 aliphatic rings. The van der Waals surface area contributed by atoms with Crippen LogP contribution in [0.1, 0.15) is 0 Å². The van der Waals surface area contributed by atoms with Crippen molar-refractivity contribution in [2.75, 3.05) is 18.1 Å². The Hall–Kier alpha value is -2.68. The van der Waals surface area contributed by atoms with Crippen LogP contribution < -0.4 is 9.46 Å². The molecule has 0 atom stereocenters. The highest BCUT2D eigenvalue weighted by Gasteiger charge is 2.12. The van der Waals surface area contributed by atoms with Crippen LogP contribution in [-0.4, -0.2) is 41.4 Å². The molecule has 0 spiro atoms. The van der Waals surface area contributed by atoms with Crippen LogP contribution in [-0.2, 0) is 10.0 Å². The van der Waals surface area contributed by atoms with E-state index >= 15 is 0 Å². The molecule has 0 saturated carbocycles. The molecule has 3 heterocycles. The molecule has 9 heteroatoms. The molecule has 3 rings (SSSR count). The van der Waals surface area contributed by atoms with Gasteiger partial charge in [0.25, 0.3) is 0 Å². The number of sulfonamides is 1. The summed E-state index contributed by atoms with van der Waals surface area (Å²) in [6.45, 7) is 0. The van der Waals surface area contributed by atoms with E-state index in [0.29, 0.717) is 5.65 Å². The van der Waals surface area contributed by atoms with Crippen LogP contribution in [0.2, 0.25) is 0 Å². The smallest absolute Gasteiger partial charge is 0.238 e. The highest BCUT2D eigenvalue weighted by Crippen LogP contribution is 2.29. The molecule has 3 aromatic rings. The summed E-state index contributed by atoms with van der Waals surface area (Å²) >= 11 is 0. The lowest BCUT2D eigenvalue weighted by molar-refractivity contribution is 0.400. The number of hydrogen-bond donors (Lipinski definition) is 1. The summed E-state index contributed by atoms with van der Waals surface area (Å²) in [6, 6.07) is 5.34. The minimum absolute atomic E-state index is 0.206. The summed E-state index contributed by atoms with van der Waals surface area (Å²) in [5.41, 5.74) is 2.54. The van der Waals surface area contributed by atoms with Gasteiger partial charge in [-0.1, -0.05) is 0 Å². The summed E-state index contributed by atoms with van der Waals surface area (Å²) in [7, 11) is -2.00. The van der Waals surface area contributed by atoms with Crippen molar-refractivity contribution in [1.82, 2.24) is 19.6 Å². The largest absolute Gasteiger partial charge is 0.480 e. The van der Waals surface area contributed by atoms with Crippen molar-refractivity contribution in [2.24, 2.45) is 0 Å². The molecule has 3 aromatic heterocycles. The second kappa shape index (κ2) is 5.26. The second-order valence-corrected chi connectivity index (χ2v) is 6.38. The van der Waals surface area contributed by atoms with Crippen LogP contribution >= 0.6 is 0 Å². The van der Waals surface area contributed by atoms with E-state index in [-0.39, 0.29) is 11.6 Å². The fraction of sp³-hybridized carbons (Fsp3) is 0.154. The molecule has 0 saturated heterocycles. The third-order valence-electron chi connectivity index (χ3n) is 2.95. The maximum atomic E-state index is 11.4. The molecule has 1 N–H and O–H groups in total. The van der Waals surface area contributed by atoms with E-state index < -0.39 is 10.0 Å². The van der Waals surface area contributed by atoms with Gasteiger partial charge >= 0.3 is 0 Å². The molecule has 0 aromatic carbocycles. The highest BCUT2D eigenvalue weighted by atomic mass is 32.2. The van der Waals surface area contributed by atoms with Gasteiger partial charge in [-0.3, -0.25) is 4.72 Å².